The highest BCUT2D eigenvalue weighted by atomic mass is 16.4. The van der Waals surface area contributed by atoms with E-state index in [1.165, 1.54) is 0 Å². The maximum atomic E-state index is 9.36. The zero-order valence-electron chi connectivity index (χ0n) is 11.0. The second-order valence-electron chi connectivity index (χ2n) is 4.14. The van der Waals surface area contributed by atoms with Crippen molar-refractivity contribution in [2.24, 2.45) is 11.5 Å². The van der Waals surface area contributed by atoms with Gasteiger partial charge >= 0.3 is 0 Å². The van der Waals surface area contributed by atoms with Gasteiger partial charge in [-0.15, -0.1) is 0 Å². The lowest BCUT2D eigenvalue weighted by molar-refractivity contribution is -0.117. The van der Waals surface area contributed by atoms with E-state index in [2.05, 4.69) is 0 Å². The Morgan fingerprint density at radius 3 is 1.56 bits per heavy atom. The Hall–Kier alpha value is -0.320. The van der Waals surface area contributed by atoms with Gasteiger partial charge in [-0.1, -0.05) is 0 Å². The summed E-state index contributed by atoms with van der Waals surface area (Å²) < 4.78 is 0. The van der Waals surface area contributed by atoms with Crippen LogP contribution in [0.15, 0.2) is 0 Å². The maximum Gasteiger partial charge on any atom is 0.111 e. The lowest BCUT2D eigenvalue weighted by Gasteiger charge is -2.27. The van der Waals surface area contributed by atoms with Gasteiger partial charge in [-0.05, 0) is 14.1 Å². The van der Waals surface area contributed by atoms with Crippen molar-refractivity contribution in [3.05, 3.63) is 0 Å². The van der Waals surface area contributed by atoms with E-state index in [0.29, 0.717) is 13.1 Å². The minimum Gasteiger partial charge on any atom is -0.394 e. The largest absolute Gasteiger partial charge is 0.394 e. The van der Waals surface area contributed by atoms with Gasteiger partial charge in [0, 0.05) is 19.6 Å². The summed E-state index contributed by atoms with van der Waals surface area (Å²) in [6.07, 6.45) is -5.63. The van der Waals surface area contributed by atoms with Crippen LogP contribution in [0, 0.1) is 0 Å². The number of rotatable bonds is 7. The summed E-state index contributed by atoms with van der Waals surface area (Å²) in [5.74, 6) is 0. The van der Waals surface area contributed by atoms with E-state index in [9.17, 15) is 15.3 Å². The molecule has 0 aromatic rings. The van der Waals surface area contributed by atoms with Crippen LogP contribution in [-0.4, -0.2) is 95.2 Å². The van der Waals surface area contributed by atoms with Gasteiger partial charge < -0.3 is 41.9 Å². The Labute approximate surface area is 107 Å². The van der Waals surface area contributed by atoms with Gasteiger partial charge in [0.15, 0.2) is 0 Å². The van der Waals surface area contributed by atoms with Crippen molar-refractivity contribution in [1.82, 2.24) is 4.90 Å². The number of likely N-dealkylation sites (N-methyl/N-ethyl adjacent to an activating group) is 1. The molecule has 4 atom stereocenters. The number of nitrogens with two attached hydrogens (primary N) is 2. The van der Waals surface area contributed by atoms with Crippen molar-refractivity contribution in [3.63, 3.8) is 0 Å². The molecule has 0 aliphatic heterocycles. The molecule has 0 fully saturated rings. The molecule has 0 aromatic carbocycles. The molecule has 0 amide bonds. The number of hydrogen-bond acceptors (Lipinski definition) is 8. The lowest BCUT2D eigenvalue weighted by atomic mass is 10.0. The van der Waals surface area contributed by atoms with Gasteiger partial charge in [-0.2, -0.15) is 0 Å². The van der Waals surface area contributed by atoms with Gasteiger partial charge in [0.2, 0.25) is 0 Å². The van der Waals surface area contributed by atoms with Gasteiger partial charge in [0.25, 0.3) is 0 Å². The maximum absolute atomic E-state index is 9.36. The van der Waals surface area contributed by atoms with Crippen molar-refractivity contribution >= 4 is 0 Å². The third-order valence-electron chi connectivity index (χ3n) is 2.04. The topological polar surface area (TPSA) is 156 Å². The quantitative estimate of drug-likeness (QED) is 0.246. The monoisotopic (exact) mass is 269 g/mol. The van der Waals surface area contributed by atoms with E-state index >= 15 is 0 Å². The Morgan fingerprint density at radius 1 is 0.889 bits per heavy atom. The number of aliphatic hydroxyl groups is 5. The molecule has 0 aliphatic carbocycles. The summed E-state index contributed by atoms with van der Waals surface area (Å²) in [5, 5.41) is 45.4. The van der Waals surface area contributed by atoms with Crippen LogP contribution in [0.4, 0.5) is 0 Å². The summed E-state index contributed by atoms with van der Waals surface area (Å²) in [4.78, 5) is 1.63. The zero-order valence-corrected chi connectivity index (χ0v) is 11.0. The molecule has 0 aromatic heterocycles. The summed E-state index contributed by atoms with van der Waals surface area (Å²) in [6, 6.07) is 0. The van der Waals surface area contributed by atoms with Crippen molar-refractivity contribution in [2.45, 2.75) is 24.4 Å². The second-order valence-corrected chi connectivity index (χ2v) is 4.14. The van der Waals surface area contributed by atoms with Crippen LogP contribution in [0.1, 0.15) is 0 Å². The number of aliphatic hydroxyl groups excluding tert-OH is 5. The highest BCUT2D eigenvalue weighted by Gasteiger charge is 2.29. The van der Waals surface area contributed by atoms with Crippen molar-refractivity contribution in [1.29, 1.82) is 0 Å². The molecule has 0 heterocycles. The summed E-state index contributed by atoms with van der Waals surface area (Å²) >= 11 is 0. The fourth-order valence-electron chi connectivity index (χ4n) is 1.05. The predicted octanol–water partition coefficient (Wildman–Crippen LogP) is -4.11. The van der Waals surface area contributed by atoms with E-state index in [1.54, 1.807) is 19.0 Å². The van der Waals surface area contributed by atoms with E-state index in [4.69, 9.17) is 21.7 Å². The molecule has 0 saturated carbocycles. The van der Waals surface area contributed by atoms with Crippen LogP contribution < -0.4 is 11.5 Å². The average Bonchev–Trinajstić information content (AvgIpc) is 2.35. The number of nitrogens with zero attached hydrogens (tertiary/aromatic N) is 1. The van der Waals surface area contributed by atoms with Crippen LogP contribution in [-0.2, 0) is 0 Å². The SMILES string of the molecule is CN(C)C[C@H](O)[C@@H](O)[C@H](O)[C@H](O)CO.NCCN. The fraction of sp³-hybridized carbons (Fsp3) is 1.00. The minimum absolute atomic E-state index is 0.163. The molecule has 0 spiro atoms. The van der Waals surface area contributed by atoms with Gasteiger partial charge in [0.05, 0.1) is 12.7 Å². The molecule has 0 unspecified atom stereocenters. The summed E-state index contributed by atoms with van der Waals surface area (Å²) in [5.41, 5.74) is 9.81. The van der Waals surface area contributed by atoms with Crippen molar-refractivity contribution in [3.8, 4) is 0 Å². The zero-order chi connectivity index (χ0) is 14.7. The van der Waals surface area contributed by atoms with Crippen LogP contribution >= 0.6 is 0 Å². The van der Waals surface area contributed by atoms with E-state index in [-0.39, 0.29) is 6.54 Å². The van der Waals surface area contributed by atoms with Gasteiger partial charge in [-0.25, -0.2) is 0 Å². The third kappa shape index (κ3) is 9.68. The second kappa shape index (κ2) is 11.8. The standard InChI is InChI=1S/C8H19NO5.C2H8N2/c1-9(2)3-5(11)7(13)8(14)6(12)4-10;3-1-2-4/h5-8,10-14H,3-4H2,1-2H3;1-4H2/t5-,6+,7+,8+;/m0./s1. The molecule has 9 N–H and O–H groups in total. The third-order valence-corrected chi connectivity index (χ3v) is 2.04. The minimum atomic E-state index is -1.55. The summed E-state index contributed by atoms with van der Waals surface area (Å²) in [7, 11) is 3.40. The van der Waals surface area contributed by atoms with Gasteiger partial charge in [-0.3, -0.25) is 0 Å². The Morgan fingerprint density at radius 2 is 1.28 bits per heavy atom. The van der Waals surface area contributed by atoms with E-state index in [1.807, 2.05) is 0 Å². The van der Waals surface area contributed by atoms with E-state index < -0.39 is 31.0 Å². The predicted molar refractivity (Wildman–Crippen MR) is 67.8 cm³/mol. The van der Waals surface area contributed by atoms with Crippen molar-refractivity contribution < 1.29 is 25.5 Å². The van der Waals surface area contributed by atoms with Crippen LogP contribution in [0.5, 0.6) is 0 Å². The van der Waals surface area contributed by atoms with Crippen LogP contribution in [0.25, 0.3) is 0 Å². The lowest BCUT2D eigenvalue weighted by Crippen LogP contribution is -2.48. The molecule has 18 heavy (non-hydrogen) atoms. The van der Waals surface area contributed by atoms with Gasteiger partial charge in [0.1, 0.15) is 18.3 Å². The Balaban J connectivity index is 0. The fourth-order valence-corrected chi connectivity index (χ4v) is 1.05. The highest BCUT2D eigenvalue weighted by Crippen LogP contribution is 2.05. The van der Waals surface area contributed by atoms with Crippen molar-refractivity contribution in [2.75, 3.05) is 40.3 Å². The molecule has 8 heteroatoms. The molecule has 112 valence electrons. The Bertz CT molecular complexity index is 183. The average molecular weight is 269 g/mol. The van der Waals surface area contributed by atoms with E-state index in [0.717, 1.165) is 0 Å². The molecule has 8 nitrogen and oxygen atoms in total. The Kier molecular flexibility index (Phi) is 13.1. The van der Waals surface area contributed by atoms with Crippen LogP contribution in [0.2, 0.25) is 0 Å². The molecule has 0 saturated heterocycles. The highest BCUT2D eigenvalue weighted by molar-refractivity contribution is 4.81. The first-order chi connectivity index (χ1) is 8.31. The molecular formula is C10H27N3O5. The molecule has 0 aliphatic rings. The first kappa shape index (κ1) is 20.0. The first-order valence-corrected chi connectivity index (χ1v) is 5.69. The molecular weight excluding hydrogens is 242 g/mol. The first-order valence-electron chi connectivity index (χ1n) is 5.69. The molecule has 0 rings (SSSR count). The summed E-state index contributed by atoms with van der Waals surface area (Å²) in [6.45, 7) is 0.698. The van der Waals surface area contributed by atoms with Crippen LogP contribution in [0.3, 0.4) is 0 Å². The molecule has 0 radical (unpaired) electrons. The normalized spacial score (nSPS) is 17.7. The smallest absolute Gasteiger partial charge is 0.111 e. The molecule has 0 bridgehead atoms. The number of hydrogen-bond donors (Lipinski definition) is 7.